The van der Waals surface area contributed by atoms with Crippen molar-refractivity contribution in [2.24, 2.45) is 5.73 Å². The van der Waals surface area contributed by atoms with Gasteiger partial charge < -0.3 is 15.7 Å². The first-order chi connectivity index (χ1) is 8.12. The maximum absolute atomic E-state index is 10.6. The molecule has 17 heavy (non-hydrogen) atoms. The van der Waals surface area contributed by atoms with Gasteiger partial charge in [0.1, 0.15) is 5.60 Å². The Hall–Kier alpha value is -0.900. The number of nitrogens with two attached hydrogens (primary N) is 1. The zero-order valence-electron chi connectivity index (χ0n) is 10.9. The molecule has 0 saturated heterocycles. The molecule has 1 aromatic carbocycles. The minimum Gasteiger partial charge on any atom is -0.384 e. The van der Waals surface area contributed by atoms with E-state index < -0.39 is 5.60 Å². The Labute approximate surface area is 104 Å². The predicted molar refractivity (Wildman–Crippen MR) is 71.8 cm³/mol. The molecule has 0 fully saturated rings. The van der Waals surface area contributed by atoms with Gasteiger partial charge >= 0.3 is 0 Å². The average molecular weight is 236 g/mol. The zero-order valence-corrected chi connectivity index (χ0v) is 10.9. The second-order valence-electron chi connectivity index (χ2n) is 4.66. The predicted octanol–water partition coefficient (Wildman–Crippen LogP) is 1.56. The van der Waals surface area contributed by atoms with Gasteiger partial charge in [-0.25, -0.2) is 0 Å². The third-order valence-corrected chi connectivity index (χ3v) is 3.16. The van der Waals surface area contributed by atoms with Crippen LogP contribution in [0.5, 0.6) is 0 Å². The SMILES string of the molecule is CCCN(C)CCC(O)(CN)c1ccccc1. The van der Waals surface area contributed by atoms with Crippen molar-refractivity contribution >= 4 is 0 Å². The van der Waals surface area contributed by atoms with E-state index in [-0.39, 0.29) is 6.54 Å². The lowest BCUT2D eigenvalue weighted by molar-refractivity contribution is 0.0281. The van der Waals surface area contributed by atoms with Gasteiger partial charge in [-0.15, -0.1) is 0 Å². The van der Waals surface area contributed by atoms with Crippen molar-refractivity contribution in [2.45, 2.75) is 25.4 Å². The maximum Gasteiger partial charge on any atom is 0.103 e. The summed E-state index contributed by atoms with van der Waals surface area (Å²) in [6.07, 6.45) is 1.80. The Bertz CT molecular complexity index is 315. The van der Waals surface area contributed by atoms with Crippen LogP contribution in [0.3, 0.4) is 0 Å². The Morgan fingerprint density at radius 3 is 2.41 bits per heavy atom. The smallest absolute Gasteiger partial charge is 0.103 e. The number of nitrogens with zero attached hydrogens (tertiary/aromatic N) is 1. The number of rotatable bonds is 7. The Morgan fingerprint density at radius 2 is 1.88 bits per heavy atom. The molecule has 1 rings (SSSR count). The minimum atomic E-state index is -0.900. The van der Waals surface area contributed by atoms with E-state index in [0.717, 1.165) is 25.1 Å². The zero-order chi connectivity index (χ0) is 12.7. The molecule has 0 spiro atoms. The van der Waals surface area contributed by atoms with Crippen molar-refractivity contribution in [3.8, 4) is 0 Å². The lowest BCUT2D eigenvalue weighted by Gasteiger charge is -2.29. The molecular formula is C14H24N2O. The van der Waals surface area contributed by atoms with Crippen LogP contribution in [0.25, 0.3) is 0 Å². The van der Waals surface area contributed by atoms with Gasteiger partial charge in [-0.3, -0.25) is 0 Å². The summed E-state index contributed by atoms with van der Waals surface area (Å²) in [6, 6.07) is 9.69. The highest BCUT2D eigenvalue weighted by Gasteiger charge is 2.27. The highest BCUT2D eigenvalue weighted by atomic mass is 16.3. The molecule has 0 aliphatic carbocycles. The largest absolute Gasteiger partial charge is 0.384 e. The molecule has 0 aliphatic heterocycles. The van der Waals surface area contributed by atoms with Crippen LogP contribution in [0, 0.1) is 0 Å². The maximum atomic E-state index is 10.6. The standard InChI is InChI=1S/C14H24N2O/c1-3-10-16(2)11-9-14(17,12-15)13-7-5-4-6-8-13/h4-8,17H,3,9-12,15H2,1-2H3. The third-order valence-electron chi connectivity index (χ3n) is 3.16. The molecule has 1 unspecified atom stereocenters. The van der Waals surface area contributed by atoms with Crippen molar-refractivity contribution in [3.63, 3.8) is 0 Å². The van der Waals surface area contributed by atoms with Gasteiger partial charge in [0.05, 0.1) is 0 Å². The molecule has 0 heterocycles. The summed E-state index contributed by atoms with van der Waals surface area (Å²) < 4.78 is 0. The van der Waals surface area contributed by atoms with E-state index in [1.165, 1.54) is 0 Å². The fourth-order valence-electron chi connectivity index (χ4n) is 1.98. The fraction of sp³-hybridized carbons (Fsp3) is 0.571. The summed E-state index contributed by atoms with van der Waals surface area (Å²) in [7, 11) is 2.07. The van der Waals surface area contributed by atoms with Crippen molar-refractivity contribution in [1.29, 1.82) is 0 Å². The Kier molecular flexibility index (Phi) is 5.62. The van der Waals surface area contributed by atoms with Crippen LogP contribution >= 0.6 is 0 Å². The molecule has 0 bridgehead atoms. The fourth-order valence-corrected chi connectivity index (χ4v) is 1.98. The Morgan fingerprint density at radius 1 is 1.24 bits per heavy atom. The second-order valence-corrected chi connectivity index (χ2v) is 4.66. The number of aliphatic hydroxyl groups is 1. The molecule has 0 amide bonds. The second kappa shape index (κ2) is 6.74. The van der Waals surface area contributed by atoms with Crippen LogP contribution in [0.2, 0.25) is 0 Å². The molecule has 0 radical (unpaired) electrons. The van der Waals surface area contributed by atoms with Crippen LogP contribution in [0.1, 0.15) is 25.3 Å². The van der Waals surface area contributed by atoms with E-state index in [0.29, 0.717) is 6.42 Å². The van der Waals surface area contributed by atoms with Crippen molar-refractivity contribution < 1.29 is 5.11 Å². The summed E-state index contributed by atoms with van der Waals surface area (Å²) in [5.74, 6) is 0. The first kappa shape index (κ1) is 14.2. The van der Waals surface area contributed by atoms with E-state index in [4.69, 9.17) is 5.73 Å². The van der Waals surface area contributed by atoms with Crippen molar-refractivity contribution in [3.05, 3.63) is 35.9 Å². The number of hydrogen-bond donors (Lipinski definition) is 2. The third kappa shape index (κ3) is 4.11. The summed E-state index contributed by atoms with van der Waals surface area (Å²) in [4.78, 5) is 2.23. The van der Waals surface area contributed by atoms with E-state index in [1.807, 2.05) is 30.3 Å². The normalized spacial score (nSPS) is 14.9. The first-order valence-corrected chi connectivity index (χ1v) is 6.29. The Balaban J connectivity index is 2.63. The molecule has 96 valence electrons. The first-order valence-electron chi connectivity index (χ1n) is 6.29. The summed E-state index contributed by atoms with van der Waals surface area (Å²) in [6.45, 7) is 4.33. The molecule has 3 heteroatoms. The molecule has 3 nitrogen and oxygen atoms in total. The van der Waals surface area contributed by atoms with Gasteiger partial charge in [-0.2, -0.15) is 0 Å². The van der Waals surface area contributed by atoms with Gasteiger partial charge in [0.2, 0.25) is 0 Å². The number of hydrogen-bond acceptors (Lipinski definition) is 3. The van der Waals surface area contributed by atoms with E-state index in [1.54, 1.807) is 0 Å². The minimum absolute atomic E-state index is 0.261. The van der Waals surface area contributed by atoms with Crippen LogP contribution in [-0.4, -0.2) is 36.7 Å². The highest BCUT2D eigenvalue weighted by Crippen LogP contribution is 2.23. The molecular weight excluding hydrogens is 212 g/mol. The summed E-state index contributed by atoms with van der Waals surface area (Å²) >= 11 is 0. The van der Waals surface area contributed by atoms with Crippen LogP contribution < -0.4 is 5.73 Å². The monoisotopic (exact) mass is 236 g/mol. The van der Waals surface area contributed by atoms with Crippen LogP contribution in [-0.2, 0) is 5.60 Å². The summed E-state index contributed by atoms with van der Waals surface area (Å²) in [5.41, 5.74) is 5.74. The highest BCUT2D eigenvalue weighted by molar-refractivity contribution is 5.22. The quantitative estimate of drug-likeness (QED) is 0.755. The van der Waals surface area contributed by atoms with Gasteiger partial charge in [-0.1, -0.05) is 37.3 Å². The summed E-state index contributed by atoms with van der Waals surface area (Å²) in [5, 5.41) is 10.6. The van der Waals surface area contributed by atoms with Crippen molar-refractivity contribution in [1.82, 2.24) is 4.90 Å². The van der Waals surface area contributed by atoms with Crippen molar-refractivity contribution in [2.75, 3.05) is 26.7 Å². The van der Waals surface area contributed by atoms with Gasteiger partial charge in [0.15, 0.2) is 0 Å². The lowest BCUT2D eigenvalue weighted by Crippen LogP contribution is -2.38. The van der Waals surface area contributed by atoms with Crippen LogP contribution in [0.4, 0.5) is 0 Å². The number of benzene rings is 1. The lowest BCUT2D eigenvalue weighted by atomic mass is 9.90. The van der Waals surface area contributed by atoms with E-state index >= 15 is 0 Å². The molecule has 1 aromatic rings. The van der Waals surface area contributed by atoms with Crippen LogP contribution in [0.15, 0.2) is 30.3 Å². The molecule has 1 atom stereocenters. The molecule has 0 aromatic heterocycles. The van der Waals surface area contributed by atoms with E-state index in [2.05, 4.69) is 18.9 Å². The van der Waals surface area contributed by atoms with Gasteiger partial charge in [0, 0.05) is 13.1 Å². The van der Waals surface area contributed by atoms with Gasteiger partial charge in [0.25, 0.3) is 0 Å². The van der Waals surface area contributed by atoms with Gasteiger partial charge in [-0.05, 0) is 32.0 Å². The average Bonchev–Trinajstić information content (AvgIpc) is 2.37. The topological polar surface area (TPSA) is 49.5 Å². The molecule has 3 N–H and O–H groups in total. The molecule has 0 saturated carbocycles. The molecule has 0 aliphatic rings. The van der Waals surface area contributed by atoms with E-state index in [9.17, 15) is 5.11 Å².